The number of hydrogen-bond donors (Lipinski definition) is 0. The third kappa shape index (κ3) is 2.63. The average Bonchev–Trinajstić information content (AvgIpc) is 3.11. The molecule has 5 nitrogen and oxygen atoms in total. The molecular formula is C16H16BrNO4. The summed E-state index contributed by atoms with van der Waals surface area (Å²) in [7, 11) is 0. The van der Waals surface area contributed by atoms with E-state index in [4.69, 9.17) is 9.15 Å². The predicted molar refractivity (Wildman–Crippen MR) is 82.9 cm³/mol. The van der Waals surface area contributed by atoms with Crippen molar-refractivity contribution in [2.75, 3.05) is 0 Å². The molecule has 1 unspecified atom stereocenters. The molecule has 0 spiro atoms. The standard InChI is InChI=1S/C16H16BrNO4/c1-9(2)22-16(20)11-5-6-18-12(11)3-4-13(18)15(19)14-7-10(17)8-21-14/h3-4,7-9,11H,5-6H2,1-2H3. The molecule has 6 heteroatoms. The highest BCUT2D eigenvalue weighted by Gasteiger charge is 2.33. The maximum absolute atomic E-state index is 12.5. The van der Waals surface area contributed by atoms with Crippen molar-refractivity contribution in [1.29, 1.82) is 0 Å². The molecule has 0 bridgehead atoms. The van der Waals surface area contributed by atoms with Crippen molar-refractivity contribution in [3.8, 4) is 0 Å². The third-order valence-corrected chi connectivity index (χ3v) is 4.09. The zero-order chi connectivity index (χ0) is 15.9. The molecule has 0 saturated carbocycles. The topological polar surface area (TPSA) is 61.4 Å². The number of fused-ring (bicyclic) bond motifs is 1. The van der Waals surface area contributed by atoms with E-state index >= 15 is 0 Å². The number of nitrogens with zero attached hydrogens (tertiary/aromatic N) is 1. The molecule has 1 aliphatic rings. The van der Waals surface area contributed by atoms with Gasteiger partial charge in [-0.1, -0.05) is 0 Å². The quantitative estimate of drug-likeness (QED) is 0.614. The second-order valence-corrected chi connectivity index (χ2v) is 6.50. The van der Waals surface area contributed by atoms with Crippen molar-refractivity contribution in [2.24, 2.45) is 0 Å². The zero-order valence-electron chi connectivity index (χ0n) is 12.3. The summed E-state index contributed by atoms with van der Waals surface area (Å²) in [5.41, 5.74) is 1.37. The summed E-state index contributed by atoms with van der Waals surface area (Å²) >= 11 is 3.26. The summed E-state index contributed by atoms with van der Waals surface area (Å²) in [4.78, 5) is 24.6. The molecule has 2 aromatic heterocycles. The van der Waals surface area contributed by atoms with E-state index in [2.05, 4.69) is 15.9 Å². The lowest BCUT2D eigenvalue weighted by Gasteiger charge is -2.12. The van der Waals surface area contributed by atoms with Gasteiger partial charge in [-0.25, -0.2) is 0 Å². The molecule has 116 valence electrons. The minimum absolute atomic E-state index is 0.141. The Balaban J connectivity index is 1.87. The summed E-state index contributed by atoms with van der Waals surface area (Å²) < 4.78 is 13.1. The van der Waals surface area contributed by atoms with Crippen molar-refractivity contribution in [3.63, 3.8) is 0 Å². The van der Waals surface area contributed by atoms with Crippen molar-refractivity contribution in [1.82, 2.24) is 4.57 Å². The summed E-state index contributed by atoms with van der Waals surface area (Å²) in [6.45, 7) is 4.29. The Kier molecular flexibility index (Phi) is 3.95. The Hall–Kier alpha value is -1.82. The molecule has 0 aromatic carbocycles. The minimum Gasteiger partial charge on any atom is -0.462 e. The first kappa shape index (κ1) is 15.1. The highest BCUT2D eigenvalue weighted by atomic mass is 79.9. The first-order valence-electron chi connectivity index (χ1n) is 7.16. The Morgan fingerprint density at radius 1 is 1.41 bits per heavy atom. The molecule has 0 N–H and O–H groups in total. The fourth-order valence-electron chi connectivity index (χ4n) is 2.75. The molecule has 3 heterocycles. The number of rotatable bonds is 4. The molecule has 22 heavy (non-hydrogen) atoms. The van der Waals surface area contributed by atoms with E-state index in [1.165, 1.54) is 6.26 Å². The van der Waals surface area contributed by atoms with E-state index in [1.807, 2.05) is 24.5 Å². The predicted octanol–water partition coefficient (Wildman–Crippen LogP) is 3.51. The summed E-state index contributed by atoms with van der Waals surface area (Å²) in [6, 6.07) is 5.20. The van der Waals surface area contributed by atoms with Gasteiger partial charge >= 0.3 is 5.97 Å². The van der Waals surface area contributed by atoms with Crippen LogP contribution in [0.25, 0.3) is 0 Å². The first-order chi connectivity index (χ1) is 10.5. The van der Waals surface area contributed by atoms with Crippen molar-refractivity contribution >= 4 is 27.7 Å². The van der Waals surface area contributed by atoms with Crippen LogP contribution >= 0.6 is 15.9 Å². The smallest absolute Gasteiger partial charge is 0.315 e. The average molecular weight is 366 g/mol. The summed E-state index contributed by atoms with van der Waals surface area (Å²) in [5.74, 6) is -0.435. The number of carbonyl (C=O) groups is 2. The third-order valence-electron chi connectivity index (χ3n) is 3.67. The van der Waals surface area contributed by atoms with E-state index in [-0.39, 0.29) is 29.5 Å². The molecule has 0 saturated heterocycles. The van der Waals surface area contributed by atoms with Gasteiger partial charge in [0.15, 0.2) is 5.76 Å². The SMILES string of the molecule is CC(C)OC(=O)C1CCn2c(C(=O)c3cc(Br)co3)ccc21. The van der Waals surface area contributed by atoms with Crippen LogP contribution in [0, 0.1) is 0 Å². The molecule has 3 rings (SSSR count). The van der Waals surface area contributed by atoms with Gasteiger partial charge in [0.1, 0.15) is 6.26 Å². The minimum atomic E-state index is -0.299. The fraction of sp³-hybridized carbons (Fsp3) is 0.375. The number of ether oxygens (including phenoxy) is 1. The maximum atomic E-state index is 12.5. The van der Waals surface area contributed by atoms with Gasteiger partial charge < -0.3 is 13.7 Å². The van der Waals surface area contributed by atoms with Crippen LogP contribution in [0.2, 0.25) is 0 Å². The lowest BCUT2D eigenvalue weighted by Crippen LogP contribution is -2.18. The van der Waals surface area contributed by atoms with Crippen LogP contribution in [0.5, 0.6) is 0 Å². The highest BCUT2D eigenvalue weighted by Crippen LogP contribution is 2.32. The molecule has 0 fully saturated rings. The van der Waals surface area contributed by atoms with Gasteiger partial charge in [0.05, 0.1) is 22.2 Å². The number of furan rings is 1. The van der Waals surface area contributed by atoms with Gasteiger partial charge in [-0.2, -0.15) is 0 Å². The van der Waals surface area contributed by atoms with Crippen LogP contribution in [-0.2, 0) is 16.1 Å². The van der Waals surface area contributed by atoms with Crippen molar-refractivity contribution in [2.45, 2.75) is 38.8 Å². The number of ketones is 1. The Labute approximate surface area is 136 Å². The van der Waals surface area contributed by atoms with Crippen molar-refractivity contribution in [3.05, 3.63) is 46.1 Å². The molecule has 1 atom stereocenters. The van der Waals surface area contributed by atoms with Gasteiger partial charge in [-0.05, 0) is 48.3 Å². The largest absolute Gasteiger partial charge is 0.462 e. The zero-order valence-corrected chi connectivity index (χ0v) is 13.9. The first-order valence-corrected chi connectivity index (χ1v) is 7.95. The normalized spacial score (nSPS) is 16.8. The molecule has 0 amide bonds. The number of esters is 1. The van der Waals surface area contributed by atoms with E-state index in [0.717, 1.165) is 10.2 Å². The maximum Gasteiger partial charge on any atom is 0.315 e. The van der Waals surface area contributed by atoms with Crippen LogP contribution in [0.3, 0.4) is 0 Å². The van der Waals surface area contributed by atoms with E-state index < -0.39 is 0 Å². The van der Waals surface area contributed by atoms with Gasteiger partial charge in [-0.15, -0.1) is 0 Å². The van der Waals surface area contributed by atoms with Gasteiger partial charge in [0.2, 0.25) is 5.78 Å². The Morgan fingerprint density at radius 3 is 2.82 bits per heavy atom. The van der Waals surface area contributed by atoms with Gasteiger partial charge in [0, 0.05) is 18.3 Å². The fourth-order valence-corrected chi connectivity index (χ4v) is 3.05. The lowest BCUT2D eigenvalue weighted by molar-refractivity contribution is -0.149. The second kappa shape index (κ2) is 5.76. The van der Waals surface area contributed by atoms with Gasteiger partial charge in [-0.3, -0.25) is 9.59 Å². The highest BCUT2D eigenvalue weighted by molar-refractivity contribution is 9.10. The van der Waals surface area contributed by atoms with E-state index in [0.29, 0.717) is 18.7 Å². The summed E-state index contributed by atoms with van der Waals surface area (Å²) in [6.07, 6.45) is 1.99. The van der Waals surface area contributed by atoms with Crippen LogP contribution in [0.15, 0.2) is 33.4 Å². The lowest BCUT2D eigenvalue weighted by atomic mass is 10.1. The van der Waals surface area contributed by atoms with Crippen LogP contribution in [-0.4, -0.2) is 22.4 Å². The molecule has 0 radical (unpaired) electrons. The Bertz CT molecular complexity index is 728. The monoisotopic (exact) mass is 365 g/mol. The van der Waals surface area contributed by atoms with Crippen molar-refractivity contribution < 1.29 is 18.7 Å². The van der Waals surface area contributed by atoms with E-state index in [1.54, 1.807) is 12.1 Å². The van der Waals surface area contributed by atoms with E-state index in [9.17, 15) is 9.59 Å². The van der Waals surface area contributed by atoms with Crippen LogP contribution in [0.1, 0.15) is 48.1 Å². The molecular weight excluding hydrogens is 350 g/mol. The van der Waals surface area contributed by atoms with Crippen LogP contribution in [0.4, 0.5) is 0 Å². The number of halogens is 1. The molecule has 2 aromatic rings. The van der Waals surface area contributed by atoms with Crippen LogP contribution < -0.4 is 0 Å². The second-order valence-electron chi connectivity index (χ2n) is 5.58. The summed E-state index contributed by atoms with van der Waals surface area (Å²) in [5, 5.41) is 0. The molecule has 0 aliphatic carbocycles. The Morgan fingerprint density at radius 2 is 2.18 bits per heavy atom. The number of aromatic nitrogens is 1. The number of hydrogen-bond acceptors (Lipinski definition) is 4. The molecule has 1 aliphatic heterocycles. The van der Waals surface area contributed by atoms with Gasteiger partial charge in [0.25, 0.3) is 0 Å². The number of carbonyl (C=O) groups excluding carboxylic acids is 2.